The molecule has 1 amide bonds. The SMILES string of the molecule is CCC1(CNC(=O)CC(C)C2CCNCC2)CC1.Cl. The van der Waals surface area contributed by atoms with E-state index in [9.17, 15) is 4.79 Å². The van der Waals surface area contributed by atoms with Crippen molar-refractivity contribution in [3.05, 3.63) is 0 Å². The Morgan fingerprint density at radius 3 is 2.53 bits per heavy atom. The molecule has 1 unspecified atom stereocenters. The number of carbonyl (C=O) groups excluding carboxylic acids is 1. The molecule has 2 aliphatic rings. The van der Waals surface area contributed by atoms with E-state index in [0.717, 1.165) is 25.6 Å². The van der Waals surface area contributed by atoms with Crippen LogP contribution in [0.2, 0.25) is 0 Å². The lowest BCUT2D eigenvalue weighted by Crippen LogP contribution is -2.35. The molecule has 19 heavy (non-hydrogen) atoms. The third-order valence-electron chi connectivity index (χ3n) is 5.06. The van der Waals surface area contributed by atoms with Crippen LogP contribution in [-0.2, 0) is 4.79 Å². The maximum Gasteiger partial charge on any atom is 0.220 e. The van der Waals surface area contributed by atoms with Gasteiger partial charge in [0.05, 0.1) is 0 Å². The maximum absolute atomic E-state index is 12.0. The zero-order valence-corrected chi connectivity index (χ0v) is 13.2. The van der Waals surface area contributed by atoms with Crippen LogP contribution >= 0.6 is 12.4 Å². The van der Waals surface area contributed by atoms with E-state index >= 15 is 0 Å². The largest absolute Gasteiger partial charge is 0.356 e. The van der Waals surface area contributed by atoms with Crippen molar-refractivity contribution in [1.29, 1.82) is 0 Å². The second-order valence-electron chi connectivity index (χ2n) is 6.40. The van der Waals surface area contributed by atoms with Crippen LogP contribution in [0.1, 0.15) is 52.4 Å². The first kappa shape index (κ1) is 16.8. The summed E-state index contributed by atoms with van der Waals surface area (Å²) in [6, 6.07) is 0. The molecule has 112 valence electrons. The molecular formula is C15H29ClN2O. The molecule has 1 atom stereocenters. The third kappa shape index (κ3) is 4.96. The number of nitrogens with one attached hydrogen (secondary N) is 2. The summed E-state index contributed by atoms with van der Waals surface area (Å²) in [7, 11) is 0. The summed E-state index contributed by atoms with van der Waals surface area (Å²) in [6.07, 6.45) is 6.98. The Bertz CT molecular complexity index is 286. The lowest BCUT2D eigenvalue weighted by molar-refractivity contribution is -0.122. The van der Waals surface area contributed by atoms with E-state index in [1.807, 2.05) is 0 Å². The number of carbonyl (C=O) groups is 1. The summed E-state index contributed by atoms with van der Waals surface area (Å²) in [4.78, 5) is 12.0. The highest BCUT2D eigenvalue weighted by Crippen LogP contribution is 2.47. The van der Waals surface area contributed by atoms with Gasteiger partial charge in [0.15, 0.2) is 0 Å². The van der Waals surface area contributed by atoms with E-state index in [2.05, 4.69) is 24.5 Å². The first-order chi connectivity index (χ1) is 8.65. The predicted octanol–water partition coefficient (Wildman–Crippen LogP) is 2.74. The van der Waals surface area contributed by atoms with Gasteiger partial charge in [-0.15, -0.1) is 12.4 Å². The molecule has 3 nitrogen and oxygen atoms in total. The normalized spacial score (nSPS) is 23.3. The molecule has 0 bridgehead atoms. The summed E-state index contributed by atoms with van der Waals surface area (Å²) in [5.74, 6) is 1.53. The Morgan fingerprint density at radius 2 is 2.00 bits per heavy atom. The van der Waals surface area contributed by atoms with Gasteiger partial charge in [-0.25, -0.2) is 0 Å². The number of hydrogen-bond acceptors (Lipinski definition) is 2. The second kappa shape index (κ2) is 7.49. The van der Waals surface area contributed by atoms with E-state index < -0.39 is 0 Å². The van der Waals surface area contributed by atoms with Crippen molar-refractivity contribution in [3.63, 3.8) is 0 Å². The number of hydrogen-bond donors (Lipinski definition) is 2. The van der Waals surface area contributed by atoms with Gasteiger partial charge in [0.25, 0.3) is 0 Å². The number of amides is 1. The Hall–Kier alpha value is -0.280. The molecule has 0 aromatic heterocycles. The van der Waals surface area contributed by atoms with Crippen LogP contribution in [0.25, 0.3) is 0 Å². The number of piperidine rings is 1. The third-order valence-corrected chi connectivity index (χ3v) is 5.06. The fraction of sp³-hybridized carbons (Fsp3) is 0.933. The number of rotatable bonds is 6. The highest BCUT2D eigenvalue weighted by molar-refractivity contribution is 5.85. The fourth-order valence-corrected chi connectivity index (χ4v) is 3.06. The zero-order chi connectivity index (χ0) is 13.0. The van der Waals surface area contributed by atoms with Crippen molar-refractivity contribution in [2.45, 2.75) is 52.4 Å². The average Bonchev–Trinajstić information content (AvgIpc) is 3.18. The summed E-state index contributed by atoms with van der Waals surface area (Å²) in [5, 5.41) is 6.54. The average molecular weight is 289 g/mol. The quantitative estimate of drug-likeness (QED) is 0.789. The first-order valence-corrected chi connectivity index (χ1v) is 7.63. The molecular weight excluding hydrogens is 260 g/mol. The van der Waals surface area contributed by atoms with E-state index in [-0.39, 0.29) is 18.3 Å². The van der Waals surface area contributed by atoms with Crippen molar-refractivity contribution in [1.82, 2.24) is 10.6 Å². The Balaban J connectivity index is 0.00000180. The van der Waals surface area contributed by atoms with E-state index in [1.54, 1.807) is 0 Å². The fourth-order valence-electron chi connectivity index (χ4n) is 3.06. The molecule has 0 spiro atoms. The molecule has 2 N–H and O–H groups in total. The molecule has 1 aliphatic carbocycles. The zero-order valence-electron chi connectivity index (χ0n) is 12.3. The molecule has 1 saturated carbocycles. The van der Waals surface area contributed by atoms with Crippen molar-refractivity contribution in [3.8, 4) is 0 Å². The molecule has 0 radical (unpaired) electrons. The molecule has 0 aromatic carbocycles. The minimum Gasteiger partial charge on any atom is -0.356 e. The van der Waals surface area contributed by atoms with Crippen LogP contribution in [0.4, 0.5) is 0 Å². The monoisotopic (exact) mass is 288 g/mol. The molecule has 1 aliphatic heterocycles. The van der Waals surface area contributed by atoms with Crippen molar-refractivity contribution in [2.75, 3.05) is 19.6 Å². The van der Waals surface area contributed by atoms with Crippen LogP contribution < -0.4 is 10.6 Å². The molecule has 2 fully saturated rings. The van der Waals surface area contributed by atoms with Gasteiger partial charge in [0.1, 0.15) is 0 Å². The van der Waals surface area contributed by atoms with E-state index in [4.69, 9.17) is 0 Å². The van der Waals surface area contributed by atoms with Gasteiger partial charge in [-0.1, -0.05) is 13.8 Å². The van der Waals surface area contributed by atoms with Gasteiger partial charge in [0, 0.05) is 13.0 Å². The van der Waals surface area contributed by atoms with Crippen LogP contribution in [0.15, 0.2) is 0 Å². The smallest absolute Gasteiger partial charge is 0.220 e. The van der Waals surface area contributed by atoms with Crippen molar-refractivity contribution < 1.29 is 4.79 Å². The summed E-state index contributed by atoms with van der Waals surface area (Å²) in [5.41, 5.74) is 0.466. The molecule has 4 heteroatoms. The van der Waals surface area contributed by atoms with Crippen LogP contribution in [0.3, 0.4) is 0 Å². The van der Waals surface area contributed by atoms with E-state index in [1.165, 1.54) is 32.1 Å². The van der Waals surface area contributed by atoms with Crippen LogP contribution in [0.5, 0.6) is 0 Å². The molecule has 2 rings (SSSR count). The molecule has 1 saturated heterocycles. The van der Waals surface area contributed by atoms with Crippen LogP contribution in [-0.4, -0.2) is 25.5 Å². The Kier molecular flexibility index (Phi) is 6.61. The van der Waals surface area contributed by atoms with Gasteiger partial charge in [-0.2, -0.15) is 0 Å². The van der Waals surface area contributed by atoms with Crippen molar-refractivity contribution >= 4 is 18.3 Å². The summed E-state index contributed by atoms with van der Waals surface area (Å²) in [6.45, 7) is 7.62. The van der Waals surface area contributed by atoms with Gasteiger partial charge < -0.3 is 10.6 Å². The molecule has 0 aromatic rings. The lowest BCUT2D eigenvalue weighted by Gasteiger charge is -2.28. The van der Waals surface area contributed by atoms with Gasteiger partial charge >= 0.3 is 0 Å². The van der Waals surface area contributed by atoms with E-state index in [0.29, 0.717) is 17.8 Å². The lowest BCUT2D eigenvalue weighted by atomic mass is 9.84. The van der Waals surface area contributed by atoms with Gasteiger partial charge in [0.2, 0.25) is 5.91 Å². The minimum atomic E-state index is 0. The standard InChI is InChI=1S/C15H28N2O.ClH/c1-3-15(6-7-15)11-17-14(18)10-12(2)13-4-8-16-9-5-13;/h12-13,16H,3-11H2,1-2H3,(H,17,18);1H. The van der Waals surface area contributed by atoms with Crippen molar-refractivity contribution in [2.24, 2.45) is 17.3 Å². The summed E-state index contributed by atoms with van der Waals surface area (Å²) < 4.78 is 0. The highest BCUT2D eigenvalue weighted by Gasteiger charge is 2.40. The number of halogens is 1. The summed E-state index contributed by atoms with van der Waals surface area (Å²) >= 11 is 0. The van der Waals surface area contributed by atoms with Gasteiger partial charge in [-0.05, 0) is 62.4 Å². The Labute approximate surface area is 123 Å². The highest BCUT2D eigenvalue weighted by atomic mass is 35.5. The first-order valence-electron chi connectivity index (χ1n) is 7.63. The second-order valence-corrected chi connectivity index (χ2v) is 6.40. The van der Waals surface area contributed by atoms with Gasteiger partial charge in [-0.3, -0.25) is 4.79 Å². The predicted molar refractivity (Wildman–Crippen MR) is 81.6 cm³/mol. The minimum absolute atomic E-state index is 0. The maximum atomic E-state index is 12.0. The Morgan fingerprint density at radius 1 is 1.37 bits per heavy atom. The van der Waals surface area contributed by atoms with Crippen LogP contribution in [0, 0.1) is 17.3 Å². The molecule has 1 heterocycles. The topological polar surface area (TPSA) is 41.1 Å².